The van der Waals surface area contributed by atoms with E-state index < -0.39 is 10.8 Å². The van der Waals surface area contributed by atoms with E-state index in [-0.39, 0.29) is 12.2 Å². The average Bonchev–Trinajstić information content (AvgIpc) is 3.39. The first kappa shape index (κ1) is 19.1. The topological polar surface area (TPSA) is 103 Å². The largest absolute Gasteiger partial charge is 0.460 e. The normalized spacial score (nSPS) is 10.7. The number of para-hydroxylation sites is 2. The van der Waals surface area contributed by atoms with Crippen molar-refractivity contribution < 1.29 is 14.1 Å². The lowest BCUT2D eigenvalue weighted by molar-refractivity contribution is -0.385. The van der Waals surface area contributed by atoms with Crippen molar-refractivity contribution in [1.82, 2.24) is 15.1 Å². The molecular weight excluding hydrogens is 384 g/mol. The summed E-state index contributed by atoms with van der Waals surface area (Å²) in [5, 5.41) is 18.5. The van der Waals surface area contributed by atoms with Crippen molar-refractivity contribution >= 4 is 11.6 Å². The Morgan fingerprint density at radius 3 is 2.53 bits per heavy atom. The summed E-state index contributed by atoms with van der Waals surface area (Å²) in [7, 11) is 0. The number of nitrogens with zero attached hydrogens (tertiary/aromatic N) is 3. The lowest BCUT2D eigenvalue weighted by Gasteiger charge is -2.05. The molecule has 0 radical (unpaired) electrons. The van der Waals surface area contributed by atoms with Crippen LogP contribution in [-0.4, -0.2) is 20.6 Å². The Bertz CT molecular complexity index is 1210. The van der Waals surface area contributed by atoms with Gasteiger partial charge in [-0.3, -0.25) is 14.9 Å². The zero-order valence-corrected chi connectivity index (χ0v) is 16.1. The first-order valence-corrected chi connectivity index (χ1v) is 9.25. The minimum absolute atomic E-state index is 0.0170. The SMILES string of the molecule is Cc1ccc(-c2nn(-c3ccccc3)cc2C(=O)NCc2ccccc2[N+](=O)[O-])o1. The molecule has 0 aliphatic carbocycles. The number of carbonyl (C=O) groups excluding carboxylic acids is 1. The smallest absolute Gasteiger partial charge is 0.274 e. The van der Waals surface area contributed by atoms with Crippen molar-refractivity contribution in [2.75, 3.05) is 0 Å². The second-order valence-electron chi connectivity index (χ2n) is 6.65. The van der Waals surface area contributed by atoms with Gasteiger partial charge in [0.05, 0.1) is 16.2 Å². The Hall–Kier alpha value is -4.20. The molecule has 2 aromatic carbocycles. The lowest BCUT2D eigenvalue weighted by Crippen LogP contribution is -2.23. The van der Waals surface area contributed by atoms with Gasteiger partial charge in [-0.1, -0.05) is 36.4 Å². The number of nitro benzene ring substituents is 1. The van der Waals surface area contributed by atoms with Gasteiger partial charge in [-0.2, -0.15) is 5.10 Å². The Labute approximate surface area is 171 Å². The van der Waals surface area contributed by atoms with Gasteiger partial charge in [-0.05, 0) is 31.2 Å². The lowest BCUT2D eigenvalue weighted by atomic mass is 10.1. The van der Waals surface area contributed by atoms with Crippen LogP contribution in [0.25, 0.3) is 17.1 Å². The van der Waals surface area contributed by atoms with Crippen LogP contribution in [0.15, 0.2) is 77.3 Å². The van der Waals surface area contributed by atoms with Crippen LogP contribution in [0.3, 0.4) is 0 Å². The summed E-state index contributed by atoms with van der Waals surface area (Å²) in [6.07, 6.45) is 1.62. The second-order valence-corrected chi connectivity index (χ2v) is 6.65. The highest BCUT2D eigenvalue weighted by Crippen LogP contribution is 2.26. The minimum Gasteiger partial charge on any atom is -0.460 e. The zero-order chi connectivity index (χ0) is 21.1. The molecule has 0 aliphatic heterocycles. The second kappa shape index (κ2) is 8.04. The van der Waals surface area contributed by atoms with Gasteiger partial charge >= 0.3 is 0 Å². The molecule has 150 valence electrons. The number of aryl methyl sites for hydroxylation is 1. The Morgan fingerprint density at radius 2 is 1.83 bits per heavy atom. The number of amides is 1. The molecule has 2 aromatic heterocycles. The standard InChI is InChI=1S/C22H18N4O4/c1-15-11-12-20(30-15)21-18(14-25(24-21)17-8-3-2-4-9-17)22(27)23-13-16-7-5-6-10-19(16)26(28)29/h2-12,14H,13H2,1H3,(H,23,27). The predicted octanol–water partition coefficient (Wildman–Crippen LogP) is 4.28. The summed E-state index contributed by atoms with van der Waals surface area (Å²) in [4.78, 5) is 23.7. The number of rotatable bonds is 6. The number of hydrogen-bond donors (Lipinski definition) is 1. The van der Waals surface area contributed by atoms with Crippen LogP contribution >= 0.6 is 0 Å². The number of carbonyl (C=O) groups is 1. The minimum atomic E-state index is -0.466. The molecule has 4 rings (SSSR count). The molecule has 1 amide bonds. The van der Waals surface area contributed by atoms with Crippen molar-refractivity contribution in [3.63, 3.8) is 0 Å². The van der Waals surface area contributed by atoms with Crippen molar-refractivity contribution in [1.29, 1.82) is 0 Å². The van der Waals surface area contributed by atoms with Crippen LogP contribution in [0, 0.1) is 17.0 Å². The van der Waals surface area contributed by atoms with Crippen LogP contribution in [-0.2, 0) is 6.54 Å². The average molecular weight is 402 g/mol. The first-order chi connectivity index (χ1) is 14.5. The van der Waals surface area contributed by atoms with E-state index in [9.17, 15) is 14.9 Å². The molecule has 0 bridgehead atoms. The molecule has 2 heterocycles. The number of nitrogens with one attached hydrogen (secondary N) is 1. The highest BCUT2D eigenvalue weighted by molar-refractivity contribution is 5.99. The summed E-state index contributed by atoms with van der Waals surface area (Å²) >= 11 is 0. The van der Waals surface area contributed by atoms with Gasteiger partial charge in [-0.15, -0.1) is 0 Å². The van der Waals surface area contributed by atoms with E-state index in [2.05, 4.69) is 10.4 Å². The van der Waals surface area contributed by atoms with E-state index in [1.54, 1.807) is 41.2 Å². The third-order valence-electron chi connectivity index (χ3n) is 4.58. The molecule has 0 saturated carbocycles. The summed E-state index contributed by atoms with van der Waals surface area (Å²) in [6, 6.07) is 19.3. The summed E-state index contributed by atoms with van der Waals surface area (Å²) in [5.41, 5.74) is 1.87. The highest BCUT2D eigenvalue weighted by atomic mass is 16.6. The summed E-state index contributed by atoms with van der Waals surface area (Å²) in [6.45, 7) is 1.83. The van der Waals surface area contributed by atoms with Gasteiger partial charge in [0.15, 0.2) is 5.76 Å². The Morgan fingerprint density at radius 1 is 1.10 bits per heavy atom. The van der Waals surface area contributed by atoms with Crippen LogP contribution < -0.4 is 5.32 Å². The number of aromatic nitrogens is 2. The molecule has 30 heavy (non-hydrogen) atoms. The maximum Gasteiger partial charge on any atom is 0.274 e. The number of nitro groups is 1. The van der Waals surface area contributed by atoms with Gasteiger partial charge < -0.3 is 9.73 Å². The molecular formula is C22H18N4O4. The van der Waals surface area contributed by atoms with E-state index >= 15 is 0 Å². The maximum atomic E-state index is 13.0. The van der Waals surface area contributed by atoms with Crippen LogP contribution in [0.2, 0.25) is 0 Å². The quantitative estimate of drug-likeness (QED) is 0.383. The van der Waals surface area contributed by atoms with Gasteiger partial charge in [0.25, 0.3) is 11.6 Å². The molecule has 1 N–H and O–H groups in total. The molecule has 0 atom stereocenters. The van der Waals surface area contributed by atoms with Crippen molar-refractivity contribution in [2.24, 2.45) is 0 Å². The van der Waals surface area contributed by atoms with Crippen molar-refractivity contribution in [3.05, 3.63) is 99.9 Å². The van der Waals surface area contributed by atoms with Gasteiger partial charge in [0.1, 0.15) is 11.5 Å². The third kappa shape index (κ3) is 3.83. The fourth-order valence-electron chi connectivity index (χ4n) is 3.11. The Balaban J connectivity index is 1.66. The van der Waals surface area contributed by atoms with E-state index in [0.717, 1.165) is 5.69 Å². The van der Waals surface area contributed by atoms with E-state index in [1.165, 1.54) is 6.07 Å². The monoisotopic (exact) mass is 402 g/mol. The summed E-state index contributed by atoms with van der Waals surface area (Å²) in [5.74, 6) is 0.767. The number of hydrogen-bond acceptors (Lipinski definition) is 5. The van der Waals surface area contributed by atoms with Crippen LogP contribution in [0.5, 0.6) is 0 Å². The fourth-order valence-corrected chi connectivity index (χ4v) is 3.11. The van der Waals surface area contributed by atoms with E-state index in [0.29, 0.717) is 28.3 Å². The maximum absolute atomic E-state index is 13.0. The molecule has 0 aliphatic rings. The molecule has 0 fully saturated rings. The fraction of sp³-hybridized carbons (Fsp3) is 0.0909. The molecule has 0 saturated heterocycles. The molecule has 8 heteroatoms. The van der Waals surface area contributed by atoms with E-state index in [4.69, 9.17) is 4.42 Å². The van der Waals surface area contributed by atoms with Crippen LogP contribution in [0.1, 0.15) is 21.7 Å². The van der Waals surface area contributed by atoms with E-state index in [1.807, 2.05) is 37.3 Å². The van der Waals surface area contributed by atoms with Crippen molar-refractivity contribution in [3.8, 4) is 17.1 Å². The van der Waals surface area contributed by atoms with Gasteiger partial charge in [0.2, 0.25) is 0 Å². The van der Waals surface area contributed by atoms with Crippen LogP contribution in [0.4, 0.5) is 5.69 Å². The van der Waals surface area contributed by atoms with Gasteiger partial charge in [-0.25, -0.2) is 4.68 Å². The molecule has 4 aromatic rings. The highest BCUT2D eigenvalue weighted by Gasteiger charge is 2.22. The third-order valence-corrected chi connectivity index (χ3v) is 4.58. The predicted molar refractivity (Wildman–Crippen MR) is 110 cm³/mol. The van der Waals surface area contributed by atoms with Crippen molar-refractivity contribution in [2.45, 2.75) is 13.5 Å². The summed E-state index contributed by atoms with van der Waals surface area (Å²) < 4.78 is 7.28. The van der Waals surface area contributed by atoms with Gasteiger partial charge in [0, 0.05) is 24.4 Å². The molecule has 0 spiro atoms. The first-order valence-electron chi connectivity index (χ1n) is 9.25. The molecule has 8 nitrogen and oxygen atoms in total. The Kier molecular flexibility index (Phi) is 5.13. The number of benzene rings is 2. The zero-order valence-electron chi connectivity index (χ0n) is 16.1. The molecule has 0 unspecified atom stereocenters. The number of furan rings is 1.